The van der Waals surface area contributed by atoms with Crippen molar-refractivity contribution >= 4 is 0 Å². The molecule has 0 saturated heterocycles. The molecule has 0 spiro atoms. The summed E-state index contributed by atoms with van der Waals surface area (Å²) >= 11 is 0. The van der Waals surface area contributed by atoms with E-state index in [0.29, 0.717) is 17.0 Å². The first-order valence-corrected chi connectivity index (χ1v) is 6.28. The molecule has 2 N–H and O–H groups in total. The fraction of sp³-hybridized carbons (Fsp3) is 0.250. The highest BCUT2D eigenvalue weighted by atomic mass is 19.1. The highest BCUT2D eigenvalue weighted by molar-refractivity contribution is 5.73. The number of hydrogen-bond donors (Lipinski definition) is 2. The molecule has 3 heteroatoms. The number of hydrogen-bond acceptors (Lipinski definition) is 2. The normalized spacial score (nSPS) is 10.9. The molecule has 2 nitrogen and oxygen atoms in total. The van der Waals surface area contributed by atoms with Gasteiger partial charge in [0.2, 0.25) is 0 Å². The van der Waals surface area contributed by atoms with Gasteiger partial charge in [0.05, 0.1) is 0 Å². The maximum Gasteiger partial charge on any atom is 0.165 e. The predicted octanol–water partition coefficient (Wildman–Crippen LogP) is 4.10. The van der Waals surface area contributed by atoms with Gasteiger partial charge in [-0.3, -0.25) is 0 Å². The molecule has 0 fully saturated rings. The van der Waals surface area contributed by atoms with Gasteiger partial charge in [0.25, 0.3) is 0 Å². The Labute approximate surface area is 112 Å². The van der Waals surface area contributed by atoms with Crippen LogP contribution in [0.1, 0.15) is 19.4 Å². The third-order valence-electron chi connectivity index (χ3n) is 2.96. The molecule has 2 aromatic rings. The fourth-order valence-corrected chi connectivity index (χ4v) is 2.10. The molecule has 19 heavy (non-hydrogen) atoms. The average Bonchev–Trinajstić information content (AvgIpc) is 2.34. The van der Waals surface area contributed by atoms with Crippen molar-refractivity contribution in [2.45, 2.75) is 20.3 Å². The summed E-state index contributed by atoms with van der Waals surface area (Å²) in [4.78, 5) is 0. The topological polar surface area (TPSA) is 40.5 Å². The Morgan fingerprint density at radius 1 is 1.05 bits per heavy atom. The maximum absolute atomic E-state index is 13.3. The molecule has 0 aliphatic rings. The number of rotatable bonds is 3. The van der Waals surface area contributed by atoms with Crippen LogP contribution >= 0.6 is 0 Å². The van der Waals surface area contributed by atoms with Gasteiger partial charge < -0.3 is 10.2 Å². The largest absolute Gasteiger partial charge is 0.504 e. The smallest absolute Gasteiger partial charge is 0.165 e. The molecule has 2 rings (SSSR count). The molecule has 0 heterocycles. The summed E-state index contributed by atoms with van der Waals surface area (Å²) in [6.45, 7) is 4.29. The molecule has 0 saturated carbocycles. The molecule has 100 valence electrons. The highest BCUT2D eigenvalue weighted by Gasteiger charge is 2.11. The maximum atomic E-state index is 13.3. The van der Waals surface area contributed by atoms with Crippen LogP contribution in [0.5, 0.6) is 11.5 Å². The lowest BCUT2D eigenvalue weighted by molar-refractivity contribution is 0.401. The summed E-state index contributed by atoms with van der Waals surface area (Å²) in [7, 11) is 0. The van der Waals surface area contributed by atoms with Gasteiger partial charge in [-0.15, -0.1) is 0 Å². The standard InChI is InChI=1S/C16H17FO2/c1-10(2)7-11-3-5-12(6-4-11)14-8-13(17)9-15(18)16(14)19/h3-6,8-10,18-19H,7H2,1-2H3. The van der Waals surface area contributed by atoms with Gasteiger partial charge in [0.15, 0.2) is 11.5 Å². The van der Waals surface area contributed by atoms with E-state index >= 15 is 0 Å². The number of aromatic hydroxyl groups is 2. The van der Waals surface area contributed by atoms with Crippen molar-refractivity contribution < 1.29 is 14.6 Å². The second-order valence-corrected chi connectivity index (χ2v) is 5.12. The minimum atomic E-state index is -0.573. The Kier molecular flexibility index (Phi) is 3.74. The molecule has 0 atom stereocenters. The van der Waals surface area contributed by atoms with Crippen molar-refractivity contribution in [1.29, 1.82) is 0 Å². The summed E-state index contributed by atoms with van der Waals surface area (Å²) in [6.07, 6.45) is 0.973. The molecule has 0 unspecified atom stereocenters. The molecule has 0 aliphatic carbocycles. The van der Waals surface area contributed by atoms with E-state index < -0.39 is 11.6 Å². The fourth-order valence-electron chi connectivity index (χ4n) is 2.10. The van der Waals surface area contributed by atoms with Crippen LogP contribution in [0.4, 0.5) is 4.39 Å². The van der Waals surface area contributed by atoms with E-state index in [4.69, 9.17) is 0 Å². The Bertz CT molecular complexity index is 574. The summed E-state index contributed by atoms with van der Waals surface area (Å²) < 4.78 is 13.3. The molecule has 2 aromatic carbocycles. The van der Waals surface area contributed by atoms with Crippen molar-refractivity contribution in [3.8, 4) is 22.6 Å². The third kappa shape index (κ3) is 3.05. The molecule has 0 aliphatic heterocycles. The lowest BCUT2D eigenvalue weighted by atomic mass is 9.98. The number of phenols is 2. The quantitative estimate of drug-likeness (QED) is 0.815. The first-order chi connectivity index (χ1) is 8.97. The SMILES string of the molecule is CC(C)Cc1ccc(-c2cc(F)cc(O)c2O)cc1. The van der Waals surface area contributed by atoms with Crippen LogP contribution in [0.15, 0.2) is 36.4 Å². The zero-order chi connectivity index (χ0) is 14.0. The second kappa shape index (κ2) is 5.31. The third-order valence-corrected chi connectivity index (χ3v) is 2.96. The van der Waals surface area contributed by atoms with Crippen molar-refractivity contribution in [2.24, 2.45) is 5.92 Å². The highest BCUT2D eigenvalue weighted by Crippen LogP contribution is 2.37. The van der Waals surface area contributed by atoms with Crippen LogP contribution in [0.2, 0.25) is 0 Å². The molecule has 0 radical (unpaired) electrons. The van der Waals surface area contributed by atoms with Gasteiger partial charge in [-0.2, -0.15) is 0 Å². The van der Waals surface area contributed by atoms with E-state index in [0.717, 1.165) is 12.5 Å². The van der Waals surface area contributed by atoms with Gasteiger partial charge in [-0.25, -0.2) is 4.39 Å². The zero-order valence-electron chi connectivity index (χ0n) is 11.0. The molecular formula is C16H17FO2. The first-order valence-electron chi connectivity index (χ1n) is 6.28. The van der Waals surface area contributed by atoms with E-state index in [1.807, 2.05) is 24.3 Å². The van der Waals surface area contributed by atoms with Gasteiger partial charge in [0.1, 0.15) is 5.82 Å². The zero-order valence-corrected chi connectivity index (χ0v) is 11.0. The molecule has 0 amide bonds. The van der Waals surface area contributed by atoms with Crippen molar-refractivity contribution in [1.82, 2.24) is 0 Å². The first kappa shape index (κ1) is 13.4. The van der Waals surface area contributed by atoms with Gasteiger partial charge in [0, 0.05) is 11.6 Å². The lowest BCUT2D eigenvalue weighted by Gasteiger charge is -2.09. The summed E-state index contributed by atoms with van der Waals surface area (Å²) in [5.41, 5.74) is 2.17. The predicted molar refractivity (Wildman–Crippen MR) is 73.7 cm³/mol. The van der Waals surface area contributed by atoms with Crippen LogP contribution in [0, 0.1) is 11.7 Å². The van der Waals surface area contributed by atoms with Crippen LogP contribution < -0.4 is 0 Å². The summed E-state index contributed by atoms with van der Waals surface area (Å²) in [5.74, 6) is -0.742. The van der Waals surface area contributed by atoms with Crippen LogP contribution in [-0.2, 0) is 6.42 Å². The summed E-state index contributed by atoms with van der Waals surface area (Å²) in [6, 6.07) is 9.67. The Morgan fingerprint density at radius 3 is 2.26 bits per heavy atom. The van der Waals surface area contributed by atoms with Crippen molar-refractivity contribution in [2.75, 3.05) is 0 Å². The van der Waals surface area contributed by atoms with E-state index in [1.54, 1.807) is 0 Å². The van der Waals surface area contributed by atoms with Crippen molar-refractivity contribution in [3.63, 3.8) is 0 Å². The van der Waals surface area contributed by atoms with Crippen molar-refractivity contribution in [3.05, 3.63) is 47.8 Å². The van der Waals surface area contributed by atoms with Gasteiger partial charge in [-0.05, 0) is 29.5 Å². The Morgan fingerprint density at radius 2 is 1.68 bits per heavy atom. The van der Waals surface area contributed by atoms with E-state index in [-0.39, 0.29) is 5.75 Å². The van der Waals surface area contributed by atoms with Gasteiger partial charge >= 0.3 is 0 Å². The number of halogens is 1. The minimum absolute atomic E-state index is 0.294. The van der Waals surface area contributed by atoms with Gasteiger partial charge in [-0.1, -0.05) is 38.1 Å². The second-order valence-electron chi connectivity index (χ2n) is 5.12. The van der Waals surface area contributed by atoms with E-state index in [1.165, 1.54) is 11.6 Å². The van der Waals surface area contributed by atoms with Crippen LogP contribution in [0.3, 0.4) is 0 Å². The molecule has 0 aromatic heterocycles. The number of phenolic OH excluding ortho intramolecular Hbond substituents is 2. The van der Waals surface area contributed by atoms with Crippen LogP contribution in [0.25, 0.3) is 11.1 Å². The molecule has 0 bridgehead atoms. The molecular weight excluding hydrogens is 243 g/mol. The monoisotopic (exact) mass is 260 g/mol. The Balaban J connectivity index is 2.37. The Hall–Kier alpha value is -2.03. The minimum Gasteiger partial charge on any atom is -0.504 e. The lowest BCUT2D eigenvalue weighted by Crippen LogP contribution is -1.93. The number of benzene rings is 2. The summed E-state index contributed by atoms with van der Waals surface area (Å²) in [5, 5.41) is 19.2. The van der Waals surface area contributed by atoms with E-state index in [2.05, 4.69) is 13.8 Å². The van der Waals surface area contributed by atoms with E-state index in [9.17, 15) is 14.6 Å². The average molecular weight is 260 g/mol. The van der Waals surface area contributed by atoms with Crippen LogP contribution in [-0.4, -0.2) is 10.2 Å².